The molecule has 4 rings (SSSR count). The molecule has 154 valence electrons. The lowest BCUT2D eigenvalue weighted by atomic mass is 9.72. The molecule has 6 heteroatoms. The van der Waals surface area contributed by atoms with E-state index in [4.69, 9.17) is 0 Å². The van der Waals surface area contributed by atoms with Gasteiger partial charge in [0.15, 0.2) is 0 Å². The summed E-state index contributed by atoms with van der Waals surface area (Å²) in [6.45, 7) is 3.31. The number of benzene rings is 1. The Bertz CT molecular complexity index is 807. The van der Waals surface area contributed by atoms with E-state index in [1.807, 2.05) is 41.3 Å². The minimum atomic E-state index is -0.0809. The fourth-order valence-electron chi connectivity index (χ4n) is 5.30. The number of hydrogen-bond acceptors (Lipinski definition) is 3. The first-order valence-corrected chi connectivity index (χ1v) is 10.6. The second kappa shape index (κ2) is 8.39. The number of hydrogen-bond donors (Lipinski definition) is 1. The molecule has 1 aromatic carbocycles. The van der Waals surface area contributed by atoms with Crippen molar-refractivity contribution < 1.29 is 14.4 Å². The third-order valence-corrected chi connectivity index (χ3v) is 6.59. The van der Waals surface area contributed by atoms with E-state index in [2.05, 4.69) is 10.2 Å². The van der Waals surface area contributed by atoms with Crippen LogP contribution in [0.4, 0.5) is 0 Å². The van der Waals surface area contributed by atoms with Gasteiger partial charge in [0.05, 0.1) is 6.04 Å². The molecule has 3 aliphatic heterocycles. The Morgan fingerprint density at radius 2 is 1.93 bits per heavy atom. The molecular weight excluding hydrogens is 366 g/mol. The van der Waals surface area contributed by atoms with Gasteiger partial charge in [-0.1, -0.05) is 30.3 Å². The molecule has 0 unspecified atom stereocenters. The molecule has 0 aromatic heterocycles. The van der Waals surface area contributed by atoms with Gasteiger partial charge in [-0.15, -0.1) is 0 Å². The molecule has 1 N–H and O–H groups in total. The highest BCUT2D eigenvalue weighted by Gasteiger charge is 2.49. The number of carbonyl (C=O) groups is 3. The van der Waals surface area contributed by atoms with Crippen LogP contribution in [0.1, 0.15) is 38.2 Å². The van der Waals surface area contributed by atoms with Crippen molar-refractivity contribution in [3.05, 3.63) is 42.0 Å². The van der Waals surface area contributed by atoms with Gasteiger partial charge in [-0.3, -0.25) is 14.4 Å². The summed E-state index contributed by atoms with van der Waals surface area (Å²) >= 11 is 0. The van der Waals surface area contributed by atoms with E-state index in [1.54, 1.807) is 6.08 Å². The molecule has 1 aromatic rings. The normalized spacial score (nSPS) is 28.9. The number of carbonyl (C=O) groups excluding carboxylic acids is 3. The molecule has 3 saturated heterocycles. The molecule has 3 amide bonds. The second-order valence-corrected chi connectivity index (χ2v) is 8.51. The van der Waals surface area contributed by atoms with Crippen molar-refractivity contribution in [2.75, 3.05) is 19.6 Å². The van der Waals surface area contributed by atoms with Crippen molar-refractivity contribution >= 4 is 23.8 Å². The van der Waals surface area contributed by atoms with Gasteiger partial charge in [-0.05, 0) is 42.7 Å². The van der Waals surface area contributed by atoms with Crippen LogP contribution in [0, 0.1) is 11.8 Å². The molecule has 4 atom stereocenters. The highest BCUT2D eigenvalue weighted by Crippen LogP contribution is 2.41. The highest BCUT2D eigenvalue weighted by atomic mass is 16.2. The van der Waals surface area contributed by atoms with Crippen LogP contribution in [0.5, 0.6) is 0 Å². The smallest absolute Gasteiger partial charge is 0.246 e. The summed E-state index contributed by atoms with van der Waals surface area (Å²) in [7, 11) is 0. The average Bonchev–Trinajstić information content (AvgIpc) is 2.73. The zero-order valence-electron chi connectivity index (χ0n) is 16.9. The van der Waals surface area contributed by atoms with E-state index in [1.165, 1.54) is 6.92 Å². The predicted octanol–water partition coefficient (Wildman–Crippen LogP) is 2.06. The molecule has 3 fully saturated rings. The molecule has 0 aliphatic carbocycles. The van der Waals surface area contributed by atoms with Crippen LogP contribution in [0.3, 0.4) is 0 Å². The number of rotatable bonds is 4. The zero-order chi connectivity index (χ0) is 20.4. The average molecular weight is 396 g/mol. The quantitative estimate of drug-likeness (QED) is 0.794. The molecule has 0 radical (unpaired) electrons. The highest BCUT2D eigenvalue weighted by molar-refractivity contribution is 5.92. The Labute approximate surface area is 171 Å². The van der Waals surface area contributed by atoms with Crippen LogP contribution in [0.25, 0.3) is 6.08 Å². The van der Waals surface area contributed by atoms with Crippen LogP contribution in [-0.2, 0) is 14.4 Å². The molecular formula is C23H29N3O3. The molecule has 2 bridgehead atoms. The first kappa shape index (κ1) is 19.7. The van der Waals surface area contributed by atoms with Gasteiger partial charge in [-0.25, -0.2) is 0 Å². The van der Waals surface area contributed by atoms with Crippen LogP contribution in [0.2, 0.25) is 0 Å². The van der Waals surface area contributed by atoms with Gasteiger partial charge >= 0.3 is 0 Å². The van der Waals surface area contributed by atoms with Gasteiger partial charge in [0, 0.05) is 45.1 Å². The van der Waals surface area contributed by atoms with E-state index in [-0.39, 0.29) is 35.7 Å². The van der Waals surface area contributed by atoms with Crippen molar-refractivity contribution in [2.24, 2.45) is 11.8 Å². The summed E-state index contributed by atoms with van der Waals surface area (Å²) in [6, 6.07) is 9.97. The maximum Gasteiger partial charge on any atom is 0.246 e. The van der Waals surface area contributed by atoms with Gasteiger partial charge in [-0.2, -0.15) is 0 Å². The van der Waals surface area contributed by atoms with Crippen molar-refractivity contribution in [1.29, 1.82) is 0 Å². The first-order chi connectivity index (χ1) is 14.0. The Morgan fingerprint density at radius 3 is 2.69 bits per heavy atom. The van der Waals surface area contributed by atoms with Crippen molar-refractivity contribution in [1.82, 2.24) is 15.1 Å². The molecule has 0 saturated carbocycles. The van der Waals surface area contributed by atoms with Crippen molar-refractivity contribution in [2.45, 2.75) is 44.7 Å². The van der Waals surface area contributed by atoms with Crippen LogP contribution < -0.4 is 5.32 Å². The Kier molecular flexibility index (Phi) is 5.69. The fraction of sp³-hybridized carbons (Fsp3) is 0.522. The lowest BCUT2D eigenvalue weighted by molar-refractivity contribution is -0.155. The third-order valence-electron chi connectivity index (χ3n) is 6.59. The summed E-state index contributed by atoms with van der Waals surface area (Å²) in [4.78, 5) is 41.1. The molecule has 3 heterocycles. The number of likely N-dealkylation sites (tertiary alicyclic amines) is 1. The van der Waals surface area contributed by atoms with Crippen LogP contribution >= 0.6 is 0 Å². The lowest BCUT2D eigenvalue weighted by Gasteiger charge is -2.56. The van der Waals surface area contributed by atoms with Crippen LogP contribution in [-0.4, -0.2) is 59.2 Å². The summed E-state index contributed by atoms with van der Waals surface area (Å²) in [5, 5.41) is 2.91. The summed E-state index contributed by atoms with van der Waals surface area (Å²) in [5.41, 5.74) is 1.01. The second-order valence-electron chi connectivity index (χ2n) is 8.51. The molecule has 3 aliphatic rings. The van der Waals surface area contributed by atoms with Crippen molar-refractivity contribution in [3.8, 4) is 0 Å². The van der Waals surface area contributed by atoms with E-state index in [0.29, 0.717) is 32.0 Å². The standard InChI is InChI=1S/C23H29N3O3/c1-16(27)24-13-21-19-12-18(20-8-5-9-23(29)26(20)21)14-25(15-19)22(28)11-10-17-6-3-2-4-7-17/h2-4,6-7,10-11,18-21H,5,8-9,12-15H2,1H3,(H,24,27)/b11-10+/t18-,19+,20+,21+/m1/s1. The minimum absolute atomic E-state index is 0.0254. The van der Waals surface area contributed by atoms with Crippen molar-refractivity contribution in [3.63, 3.8) is 0 Å². The lowest BCUT2D eigenvalue weighted by Crippen LogP contribution is -2.67. The van der Waals surface area contributed by atoms with Gasteiger partial charge in [0.25, 0.3) is 0 Å². The number of fused-ring (bicyclic) bond motifs is 4. The molecule has 0 spiro atoms. The maximum atomic E-state index is 12.9. The summed E-state index contributed by atoms with van der Waals surface area (Å²) in [5.74, 6) is 0.670. The van der Waals surface area contributed by atoms with E-state index in [0.717, 1.165) is 24.8 Å². The number of amides is 3. The fourth-order valence-corrected chi connectivity index (χ4v) is 5.30. The number of nitrogens with one attached hydrogen (secondary N) is 1. The number of nitrogens with zero attached hydrogens (tertiary/aromatic N) is 2. The molecule has 6 nitrogen and oxygen atoms in total. The Morgan fingerprint density at radius 1 is 1.17 bits per heavy atom. The summed E-state index contributed by atoms with van der Waals surface area (Å²) in [6.07, 6.45) is 7.03. The third kappa shape index (κ3) is 4.21. The summed E-state index contributed by atoms with van der Waals surface area (Å²) < 4.78 is 0. The Balaban J connectivity index is 1.51. The molecule has 29 heavy (non-hydrogen) atoms. The van der Waals surface area contributed by atoms with Crippen LogP contribution in [0.15, 0.2) is 36.4 Å². The van der Waals surface area contributed by atoms with E-state index < -0.39 is 0 Å². The van der Waals surface area contributed by atoms with Gasteiger partial charge in [0.2, 0.25) is 17.7 Å². The zero-order valence-corrected chi connectivity index (χ0v) is 16.9. The first-order valence-electron chi connectivity index (χ1n) is 10.6. The SMILES string of the molecule is CC(=O)NC[C@H]1[C@H]2C[C@H](CN(C(=O)/C=C/c3ccccc3)C2)[C@@H]2CCCC(=O)N21. The number of piperidine rings is 3. The minimum Gasteiger partial charge on any atom is -0.354 e. The van der Waals surface area contributed by atoms with E-state index in [9.17, 15) is 14.4 Å². The Hall–Kier alpha value is -2.63. The monoisotopic (exact) mass is 395 g/mol. The van der Waals surface area contributed by atoms with Gasteiger partial charge in [0.1, 0.15) is 0 Å². The topological polar surface area (TPSA) is 69.7 Å². The van der Waals surface area contributed by atoms with Gasteiger partial charge < -0.3 is 15.1 Å². The predicted molar refractivity (Wildman–Crippen MR) is 111 cm³/mol. The van der Waals surface area contributed by atoms with E-state index >= 15 is 0 Å². The maximum absolute atomic E-state index is 12.9. The largest absolute Gasteiger partial charge is 0.354 e.